The normalized spacial score (nSPS) is 11.3. The maximum absolute atomic E-state index is 12.9. The number of benzene rings is 3. The largest absolute Gasteiger partial charge is 0.492 e. The number of ether oxygens (including phenoxy) is 3. The number of carbonyl (C=O) groups excluding carboxylic acids is 2. The number of carbonyl (C=O) groups is 2. The molecule has 0 bridgehead atoms. The maximum Gasteiger partial charge on any atom is 0.265 e. The van der Waals surface area contributed by atoms with Crippen LogP contribution in [0.4, 0.5) is 11.4 Å². The van der Waals surface area contributed by atoms with Crippen LogP contribution in [0.3, 0.4) is 0 Å². The Morgan fingerprint density at radius 1 is 0.886 bits per heavy atom. The molecule has 1 unspecified atom stereocenters. The molecule has 2 amide bonds. The van der Waals surface area contributed by atoms with Crippen LogP contribution in [0.2, 0.25) is 5.02 Å². The van der Waals surface area contributed by atoms with Gasteiger partial charge in [-0.2, -0.15) is 0 Å². The monoisotopic (exact) mass is 496 g/mol. The molecule has 0 saturated carbocycles. The molecule has 0 radical (unpaired) electrons. The zero-order valence-corrected chi connectivity index (χ0v) is 20.9. The lowest BCUT2D eigenvalue weighted by molar-refractivity contribution is -0.122. The van der Waals surface area contributed by atoms with Gasteiger partial charge in [0.25, 0.3) is 11.8 Å². The van der Waals surface area contributed by atoms with E-state index in [1.54, 1.807) is 61.5 Å². The topological polar surface area (TPSA) is 85.9 Å². The third kappa shape index (κ3) is 6.90. The van der Waals surface area contributed by atoms with Crippen LogP contribution in [-0.4, -0.2) is 31.1 Å². The van der Waals surface area contributed by atoms with Crippen LogP contribution in [-0.2, 0) is 4.79 Å². The van der Waals surface area contributed by atoms with Gasteiger partial charge in [0, 0.05) is 22.7 Å². The van der Waals surface area contributed by atoms with Crippen molar-refractivity contribution in [1.82, 2.24) is 0 Å². The summed E-state index contributed by atoms with van der Waals surface area (Å²) in [6.07, 6.45) is -0.793. The molecule has 0 aliphatic heterocycles. The third-order valence-corrected chi connectivity index (χ3v) is 5.46. The number of aryl methyl sites for hydroxylation is 1. The van der Waals surface area contributed by atoms with Gasteiger partial charge in [0.1, 0.15) is 17.2 Å². The van der Waals surface area contributed by atoms with Crippen molar-refractivity contribution in [3.8, 4) is 17.2 Å². The fraction of sp³-hybridized carbons (Fsp3) is 0.259. The Labute approximate surface area is 210 Å². The second-order valence-corrected chi connectivity index (χ2v) is 8.10. The highest BCUT2D eigenvalue weighted by atomic mass is 35.5. The molecular weight excluding hydrogens is 468 g/mol. The molecule has 3 aromatic rings. The lowest BCUT2D eigenvalue weighted by Crippen LogP contribution is -2.30. The van der Waals surface area contributed by atoms with Crippen LogP contribution in [0.25, 0.3) is 0 Å². The number of halogens is 1. The molecule has 0 aliphatic carbocycles. The predicted octanol–water partition coefficient (Wildman–Crippen LogP) is 6.10. The average molecular weight is 497 g/mol. The average Bonchev–Trinajstić information content (AvgIpc) is 2.84. The van der Waals surface area contributed by atoms with Crippen LogP contribution in [0, 0.1) is 6.92 Å². The van der Waals surface area contributed by atoms with Crippen molar-refractivity contribution in [2.24, 2.45) is 0 Å². The molecule has 2 N–H and O–H groups in total. The number of anilines is 2. The zero-order valence-electron chi connectivity index (χ0n) is 20.2. The van der Waals surface area contributed by atoms with Gasteiger partial charge in [0.15, 0.2) is 6.10 Å². The van der Waals surface area contributed by atoms with Crippen LogP contribution < -0.4 is 24.8 Å². The SMILES string of the molecule is CCOc1cc(NC(=O)C(C)Oc2ccc(Cl)c(C)c2)c(OCC)cc1NC(=O)c1ccccc1. The van der Waals surface area contributed by atoms with E-state index in [4.69, 9.17) is 25.8 Å². The van der Waals surface area contributed by atoms with Gasteiger partial charge in [-0.05, 0) is 63.6 Å². The molecule has 0 fully saturated rings. The van der Waals surface area contributed by atoms with Crippen LogP contribution in [0.1, 0.15) is 36.7 Å². The van der Waals surface area contributed by atoms with Gasteiger partial charge in [-0.3, -0.25) is 9.59 Å². The summed E-state index contributed by atoms with van der Waals surface area (Å²) in [6, 6.07) is 17.3. The summed E-state index contributed by atoms with van der Waals surface area (Å²) in [5, 5.41) is 6.33. The van der Waals surface area contributed by atoms with E-state index >= 15 is 0 Å². The molecule has 0 spiro atoms. The lowest BCUT2D eigenvalue weighted by Gasteiger charge is -2.20. The Kier molecular flexibility index (Phi) is 8.98. The Morgan fingerprint density at radius 3 is 2.06 bits per heavy atom. The summed E-state index contributed by atoms with van der Waals surface area (Å²) in [6.45, 7) is 7.91. The van der Waals surface area contributed by atoms with Gasteiger partial charge in [0.05, 0.1) is 24.6 Å². The van der Waals surface area contributed by atoms with Gasteiger partial charge in [-0.1, -0.05) is 29.8 Å². The minimum atomic E-state index is -0.793. The van der Waals surface area contributed by atoms with Crippen LogP contribution in [0.5, 0.6) is 17.2 Å². The molecule has 184 valence electrons. The highest BCUT2D eigenvalue weighted by Gasteiger charge is 2.20. The Bertz CT molecular complexity index is 1180. The number of amides is 2. The Hall–Kier alpha value is -3.71. The van der Waals surface area contributed by atoms with E-state index in [0.29, 0.717) is 52.4 Å². The highest BCUT2D eigenvalue weighted by Crippen LogP contribution is 2.37. The van der Waals surface area contributed by atoms with E-state index in [1.807, 2.05) is 26.8 Å². The zero-order chi connectivity index (χ0) is 25.4. The molecule has 7 nitrogen and oxygen atoms in total. The van der Waals surface area contributed by atoms with E-state index in [9.17, 15) is 9.59 Å². The van der Waals surface area contributed by atoms with E-state index < -0.39 is 6.10 Å². The van der Waals surface area contributed by atoms with Gasteiger partial charge in [0.2, 0.25) is 0 Å². The van der Waals surface area contributed by atoms with Crippen molar-refractivity contribution in [2.45, 2.75) is 33.8 Å². The van der Waals surface area contributed by atoms with Crippen LogP contribution in [0.15, 0.2) is 60.7 Å². The van der Waals surface area contributed by atoms with Gasteiger partial charge >= 0.3 is 0 Å². The highest BCUT2D eigenvalue weighted by molar-refractivity contribution is 6.31. The fourth-order valence-corrected chi connectivity index (χ4v) is 3.39. The lowest BCUT2D eigenvalue weighted by atomic mass is 10.2. The summed E-state index contributed by atoms with van der Waals surface area (Å²) in [7, 11) is 0. The standard InChI is InChI=1S/C27H29ClN2O5/c1-5-33-24-16-23(30-27(32)19-10-8-7-9-11-19)25(34-6-2)15-22(24)29-26(31)18(4)35-20-12-13-21(28)17(3)14-20/h7-16,18H,5-6H2,1-4H3,(H,29,31)(H,30,32). The smallest absolute Gasteiger partial charge is 0.265 e. The summed E-state index contributed by atoms with van der Waals surface area (Å²) >= 11 is 6.07. The molecule has 3 rings (SSSR count). The van der Waals surface area contributed by atoms with E-state index in [0.717, 1.165) is 5.56 Å². The first-order chi connectivity index (χ1) is 16.8. The van der Waals surface area contributed by atoms with Crippen molar-refractivity contribution < 1.29 is 23.8 Å². The summed E-state index contributed by atoms with van der Waals surface area (Å²) in [5.41, 5.74) is 2.20. The first-order valence-electron chi connectivity index (χ1n) is 11.4. The van der Waals surface area contributed by atoms with Gasteiger partial charge in [-0.25, -0.2) is 0 Å². The van der Waals surface area contributed by atoms with Crippen molar-refractivity contribution in [3.05, 3.63) is 76.8 Å². The number of hydrogen-bond acceptors (Lipinski definition) is 5. The quantitative estimate of drug-likeness (QED) is 0.354. The van der Waals surface area contributed by atoms with Crippen molar-refractivity contribution in [2.75, 3.05) is 23.8 Å². The second-order valence-electron chi connectivity index (χ2n) is 7.69. The molecule has 0 heterocycles. The maximum atomic E-state index is 12.9. The molecule has 0 aliphatic rings. The third-order valence-electron chi connectivity index (χ3n) is 5.04. The minimum absolute atomic E-state index is 0.286. The molecule has 0 saturated heterocycles. The van der Waals surface area contributed by atoms with Crippen molar-refractivity contribution in [1.29, 1.82) is 0 Å². The second kappa shape index (κ2) is 12.1. The van der Waals surface area contributed by atoms with Crippen LogP contribution >= 0.6 is 11.6 Å². The van der Waals surface area contributed by atoms with Gasteiger partial charge in [-0.15, -0.1) is 0 Å². The minimum Gasteiger partial charge on any atom is -0.492 e. The molecular formula is C27H29ClN2O5. The van der Waals surface area contributed by atoms with E-state index in [-0.39, 0.29) is 11.8 Å². The first kappa shape index (κ1) is 25.9. The van der Waals surface area contributed by atoms with Crippen molar-refractivity contribution in [3.63, 3.8) is 0 Å². The molecule has 0 aromatic heterocycles. The molecule has 3 aromatic carbocycles. The molecule has 8 heteroatoms. The van der Waals surface area contributed by atoms with Gasteiger partial charge < -0.3 is 24.8 Å². The predicted molar refractivity (Wildman–Crippen MR) is 138 cm³/mol. The first-order valence-corrected chi connectivity index (χ1v) is 11.7. The van der Waals surface area contributed by atoms with Crippen molar-refractivity contribution >= 4 is 34.8 Å². The molecule has 1 atom stereocenters. The fourth-order valence-electron chi connectivity index (χ4n) is 3.27. The molecule has 35 heavy (non-hydrogen) atoms. The van der Waals surface area contributed by atoms with E-state index in [2.05, 4.69) is 10.6 Å². The Morgan fingerprint density at radius 2 is 1.49 bits per heavy atom. The number of hydrogen-bond donors (Lipinski definition) is 2. The number of nitrogens with one attached hydrogen (secondary N) is 2. The number of rotatable bonds is 10. The Balaban J connectivity index is 1.83. The summed E-state index contributed by atoms with van der Waals surface area (Å²) in [5.74, 6) is 0.668. The summed E-state index contributed by atoms with van der Waals surface area (Å²) < 4.78 is 17.3. The summed E-state index contributed by atoms with van der Waals surface area (Å²) in [4.78, 5) is 25.6. The van der Waals surface area contributed by atoms with E-state index in [1.165, 1.54) is 0 Å².